The standard InChI is InChI=1S/C24H35N/c1-24(17-9-7-5-3-2-4-6-8-10-18-24)20-14-12-16-22-23(20)19-13-11-15-21(19)25-22/h12,14,16,25H,2-11,13,15,17-18H2,1H3. The number of nitrogens with one attached hydrogen (secondary N) is 1. The molecule has 1 saturated carbocycles. The van der Waals surface area contributed by atoms with E-state index in [0.717, 1.165) is 0 Å². The summed E-state index contributed by atoms with van der Waals surface area (Å²) in [7, 11) is 0. The lowest BCUT2D eigenvalue weighted by Crippen LogP contribution is -2.23. The molecule has 0 bridgehead atoms. The zero-order valence-electron chi connectivity index (χ0n) is 16.1. The van der Waals surface area contributed by atoms with Crippen LogP contribution in [0.25, 0.3) is 10.9 Å². The van der Waals surface area contributed by atoms with Gasteiger partial charge in [-0.2, -0.15) is 0 Å². The van der Waals surface area contributed by atoms with Crippen molar-refractivity contribution in [2.24, 2.45) is 0 Å². The van der Waals surface area contributed by atoms with E-state index in [-0.39, 0.29) is 0 Å². The van der Waals surface area contributed by atoms with Crippen LogP contribution in [0, 0.1) is 0 Å². The molecule has 2 aliphatic rings. The molecule has 1 aromatic carbocycles. The van der Waals surface area contributed by atoms with E-state index in [1.54, 1.807) is 16.5 Å². The van der Waals surface area contributed by atoms with Crippen LogP contribution < -0.4 is 0 Å². The first kappa shape index (κ1) is 17.2. The van der Waals surface area contributed by atoms with E-state index in [0.29, 0.717) is 5.41 Å². The fraction of sp³-hybridized carbons (Fsp3) is 0.667. The van der Waals surface area contributed by atoms with Gasteiger partial charge in [0.1, 0.15) is 0 Å². The molecule has 0 unspecified atom stereocenters. The molecule has 0 spiro atoms. The van der Waals surface area contributed by atoms with Crippen LogP contribution in [-0.2, 0) is 18.3 Å². The number of hydrogen-bond acceptors (Lipinski definition) is 0. The molecule has 136 valence electrons. The van der Waals surface area contributed by atoms with Crippen molar-refractivity contribution in [2.75, 3.05) is 0 Å². The maximum atomic E-state index is 3.74. The van der Waals surface area contributed by atoms with E-state index in [9.17, 15) is 0 Å². The summed E-state index contributed by atoms with van der Waals surface area (Å²) < 4.78 is 0. The van der Waals surface area contributed by atoms with Crippen molar-refractivity contribution in [3.05, 3.63) is 35.0 Å². The van der Waals surface area contributed by atoms with Crippen LogP contribution in [0.3, 0.4) is 0 Å². The van der Waals surface area contributed by atoms with Crippen molar-refractivity contribution in [1.29, 1.82) is 0 Å². The third-order valence-corrected chi connectivity index (χ3v) is 6.98. The summed E-state index contributed by atoms with van der Waals surface area (Å²) >= 11 is 0. The molecule has 2 aromatic rings. The molecule has 0 radical (unpaired) electrons. The van der Waals surface area contributed by atoms with Gasteiger partial charge in [-0.3, -0.25) is 0 Å². The maximum absolute atomic E-state index is 3.74. The Kier molecular flexibility index (Phi) is 5.20. The lowest BCUT2D eigenvalue weighted by molar-refractivity contribution is 0.359. The summed E-state index contributed by atoms with van der Waals surface area (Å²) in [6, 6.07) is 7.06. The monoisotopic (exact) mass is 337 g/mol. The first-order valence-corrected chi connectivity index (χ1v) is 10.9. The van der Waals surface area contributed by atoms with Crippen LogP contribution in [0.1, 0.15) is 101 Å². The summed E-state index contributed by atoms with van der Waals surface area (Å²) in [4.78, 5) is 3.74. The number of H-pyrrole nitrogens is 1. The van der Waals surface area contributed by atoms with Gasteiger partial charge in [0, 0.05) is 16.6 Å². The van der Waals surface area contributed by atoms with E-state index in [1.807, 2.05) is 0 Å². The van der Waals surface area contributed by atoms with Gasteiger partial charge in [-0.05, 0) is 54.7 Å². The Labute approximate surface area is 153 Å². The predicted molar refractivity (Wildman–Crippen MR) is 108 cm³/mol. The normalized spacial score (nSPS) is 22.3. The summed E-state index contributed by atoms with van der Waals surface area (Å²) in [5, 5.41) is 1.60. The Hall–Kier alpha value is -1.24. The molecule has 1 aromatic heterocycles. The largest absolute Gasteiger partial charge is 0.358 e. The van der Waals surface area contributed by atoms with Crippen molar-refractivity contribution in [3.8, 4) is 0 Å². The number of hydrogen-bond donors (Lipinski definition) is 1. The van der Waals surface area contributed by atoms with E-state index < -0.39 is 0 Å². The molecule has 1 N–H and O–H groups in total. The zero-order chi connectivity index (χ0) is 17.1. The molecule has 0 atom stereocenters. The number of aromatic nitrogens is 1. The average molecular weight is 338 g/mol. The smallest absolute Gasteiger partial charge is 0.0461 e. The number of rotatable bonds is 1. The van der Waals surface area contributed by atoms with Gasteiger partial charge in [-0.15, -0.1) is 0 Å². The third kappa shape index (κ3) is 3.52. The molecular formula is C24H35N. The number of fused-ring (bicyclic) bond motifs is 3. The highest BCUT2D eigenvalue weighted by atomic mass is 14.7. The maximum Gasteiger partial charge on any atom is 0.0461 e. The molecule has 0 aliphatic heterocycles. The van der Waals surface area contributed by atoms with Crippen LogP contribution in [0.15, 0.2) is 18.2 Å². The second kappa shape index (κ2) is 7.56. The minimum Gasteiger partial charge on any atom is -0.358 e. The van der Waals surface area contributed by atoms with Gasteiger partial charge < -0.3 is 4.98 Å². The highest BCUT2D eigenvalue weighted by Gasteiger charge is 2.30. The highest BCUT2D eigenvalue weighted by molar-refractivity contribution is 5.89. The highest BCUT2D eigenvalue weighted by Crippen LogP contribution is 2.42. The summed E-state index contributed by atoms with van der Waals surface area (Å²) in [5.41, 5.74) is 6.59. The van der Waals surface area contributed by atoms with E-state index in [2.05, 4.69) is 30.1 Å². The lowest BCUT2D eigenvalue weighted by Gasteiger charge is -2.32. The Bertz CT molecular complexity index is 696. The van der Waals surface area contributed by atoms with Gasteiger partial charge in [0.15, 0.2) is 0 Å². The zero-order valence-corrected chi connectivity index (χ0v) is 16.1. The molecule has 2 aliphatic carbocycles. The van der Waals surface area contributed by atoms with Gasteiger partial charge in [0.25, 0.3) is 0 Å². The molecule has 0 saturated heterocycles. The van der Waals surface area contributed by atoms with Crippen LogP contribution in [-0.4, -0.2) is 4.98 Å². The molecule has 1 heterocycles. The molecule has 25 heavy (non-hydrogen) atoms. The van der Waals surface area contributed by atoms with E-state index in [4.69, 9.17) is 0 Å². The third-order valence-electron chi connectivity index (χ3n) is 6.98. The first-order valence-electron chi connectivity index (χ1n) is 10.9. The Morgan fingerprint density at radius 3 is 2.08 bits per heavy atom. The number of benzene rings is 1. The van der Waals surface area contributed by atoms with Crippen molar-refractivity contribution in [3.63, 3.8) is 0 Å². The Balaban J connectivity index is 1.67. The summed E-state index contributed by atoms with van der Waals surface area (Å²) in [5.74, 6) is 0. The van der Waals surface area contributed by atoms with Crippen molar-refractivity contribution < 1.29 is 0 Å². The van der Waals surface area contributed by atoms with E-state index in [1.165, 1.54) is 101 Å². The van der Waals surface area contributed by atoms with Gasteiger partial charge in [0.05, 0.1) is 0 Å². The van der Waals surface area contributed by atoms with Crippen LogP contribution in [0.5, 0.6) is 0 Å². The Morgan fingerprint density at radius 2 is 1.40 bits per heavy atom. The number of aromatic amines is 1. The van der Waals surface area contributed by atoms with Gasteiger partial charge >= 0.3 is 0 Å². The average Bonchev–Trinajstić information content (AvgIpc) is 3.18. The number of aryl methyl sites for hydroxylation is 2. The quantitative estimate of drug-likeness (QED) is 0.565. The summed E-state index contributed by atoms with van der Waals surface area (Å²) in [6.07, 6.45) is 19.5. The van der Waals surface area contributed by atoms with Crippen molar-refractivity contribution in [1.82, 2.24) is 4.98 Å². The topological polar surface area (TPSA) is 15.8 Å². The molecule has 1 nitrogen and oxygen atoms in total. The lowest BCUT2D eigenvalue weighted by atomic mass is 9.72. The van der Waals surface area contributed by atoms with Crippen LogP contribution >= 0.6 is 0 Å². The minimum absolute atomic E-state index is 0.358. The molecule has 0 amide bonds. The second-order valence-electron chi connectivity index (χ2n) is 8.91. The fourth-order valence-electron chi connectivity index (χ4n) is 5.47. The molecular weight excluding hydrogens is 302 g/mol. The summed E-state index contributed by atoms with van der Waals surface area (Å²) in [6.45, 7) is 2.57. The first-order chi connectivity index (χ1) is 12.3. The molecule has 4 rings (SSSR count). The van der Waals surface area contributed by atoms with Crippen LogP contribution in [0.4, 0.5) is 0 Å². The van der Waals surface area contributed by atoms with Gasteiger partial charge in [-0.1, -0.05) is 76.8 Å². The van der Waals surface area contributed by atoms with Crippen molar-refractivity contribution in [2.45, 2.75) is 102 Å². The van der Waals surface area contributed by atoms with Crippen LogP contribution in [0.2, 0.25) is 0 Å². The second-order valence-corrected chi connectivity index (χ2v) is 8.91. The van der Waals surface area contributed by atoms with E-state index >= 15 is 0 Å². The van der Waals surface area contributed by atoms with Crippen molar-refractivity contribution >= 4 is 10.9 Å². The minimum atomic E-state index is 0.358. The predicted octanol–water partition coefficient (Wildman–Crippen LogP) is 7.22. The fourth-order valence-corrected chi connectivity index (χ4v) is 5.47. The Morgan fingerprint density at radius 1 is 0.760 bits per heavy atom. The molecule has 1 fully saturated rings. The SMILES string of the molecule is CC1(c2cccc3[nH]c4c(c23)CCC4)CCCCCCCCCCC1. The van der Waals surface area contributed by atoms with Gasteiger partial charge in [0.2, 0.25) is 0 Å². The molecule has 1 heteroatoms. The van der Waals surface area contributed by atoms with Gasteiger partial charge in [-0.25, -0.2) is 0 Å².